The van der Waals surface area contributed by atoms with Gasteiger partial charge in [-0.2, -0.15) is 0 Å². The van der Waals surface area contributed by atoms with Crippen LogP contribution in [-0.2, 0) is 4.74 Å². The van der Waals surface area contributed by atoms with Gasteiger partial charge < -0.3 is 10.1 Å². The second-order valence-corrected chi connectivity index (χ2v) is 5.61. The predicted molar refractivity (Wildman–Crippen MR) is 76.2 cm³/mol. The van der Waals surface area contributed by atoms with Crippen LogP contribution in [0.4, 0.5) is 0 Å². The molecule has 1 rings (SSSR count). The van der Waals surface area contributed by atoms with Gasteiger partial charge in [0.05, 0.1) is 6.61 Å². The van der Waals surface area contributed by atoms with E-state index in [1.54, 1.807) is 0 Å². The molecule has 0 amide bonds. The third-order valence-corrected chi connectivity index (χ3v) is 3.05. The van der Waals surface area contributed by atoms with E-state index in [2.05, 4.69) is 66.3 Å². The van der Waals surface area contributed by atoms with Crippen molar-refractivity contribution in [1.29, 1.82) is 0 Å². The molecule has 17 heavy (non-hydrogen) atoms. The summed E-state index contributed by atoms with van der Waals surface area (Å²) < 4.78 is 6.65. The number of halogens is 1. The lowest BCUT2D eigenvalue weighted by molar-refractivity contribution is 0.110. The van der Waals surface area contributed by atoms with E-state index in [1.807, 2.05) is 0 Å². The fourth-order valence-electron chi connectivity index (χ4n) is 1.54. The van der Waals surface area contributed by atoms with Crippen molar-refractivity contribution in [1.82, 2.24) is 5.32 Å². The average molecular weight is 300 g/mol. The highest BCUT2D eigenvalue weighted by Gasteiger charge is 2.03. The van der Waals surface area contributed by atoms with Gasteiger partial charge in [-0.25, -0.2) is 0 Å². The lowest BCUT2D eigenvalue weighted by atomic mass is 10.1. The Labute approximate surface area is 113 Å². The van der Waals surface area contributed by atoms with Gasteiger partial charge in [0.1, 0.15) is 0 Å². The van der Waals surface area contributed by atoms with Crippen LogP contribution in [0.3, 0.4) is 0 Å². The summed E-state index contributed by atoms with van der Waals surface area (Å²) in [5, 5.41) is 3.45. The third-order valence-electron chi connectivity index (χ3n) is 2.52. The van der Waals surface area contributed by atoms with Crippen molar-refractivity contribution in [2.24, 2.45) is 5.92 Å². The van der Waals surface area contributed by atoms with Crippen LogP contribution in [-0.4, -0.2) is 19.8 Å². The molecule has 0 aliphatic carbocycles. The van der Waals surface area contributed by atoms with Crippen LogP contribution in [0.1, 0.15) is 32.4 Å². The first-order chi connectivity index (χ1) is 8.09. The van der Waals surface area contributed by atoms with Gasteiger partial charge in [0.2, 0.25) is 0 Å². The van der Waals surface area contributed by atoms with Crippen LogP contribution in [0.25, 0.3) is 0 Å². The third kappa shape index (κ3) is 6.20. The Morgan fingerprint density at radius 1 is 1.18 bits per heavy atom. The molecule has 0 unspecified atom stereocenters. The molecule has 3 heteroatoms. The Morgan fingerprint density at radius 2 is 1.82 bits per heavy atom. The minimum Gasteiger partial charge on any atom is -0.380 e. The quantitative estimate of drug-likeness (QED) is 0.774. The van der Waals surface area contributed by atoms with E-state index in [0.717, 1.165) is 24.2 Å². The molecule has 1 atom stereocenters. The fourth-order valence-corrected chi connectivity index (χ4v) is 1.80. The van der Waals surface area contributed by atoms with E-state index in [0.29, 0.717) is 12.0 Å². The van der Waals surface area contributed by atoms with Crippen molar-refractivity contribution in [3.05, 3.63) is 34.3 Å². The van der Waals surface area contributed by atoms with Crippen molar-refractivity contribution in [2.45, 2.75) is 26.8 Å². The largest absolute Gasteiger partial charge is 0.380 e. The Hall–Kier alpha value is -0.380. The normalized spacial score (nSPS) is 13.0. The monoisotopic (exact) mass is 299 g/mol. The van der Waals surface area contributed by atoms with Gasteiger partial charge in [0.25, 0.3) is 0 Å². The molecule has 0 radical (unpaired) electrons. The van der Waals surface area contributed by atoms with Crippen LogP contribution in [0.2, 0.25) is 0 Å². The lowest BCUT2D eigenvalue weighted by Crippen LogP contribution is -2.23. The summed E-state index contributed by atoms with van der Waals surface area (Å²) in [4.78, 5) is 0. The molecule has 0 fully saturated rings. The fraction of sp³-hybridized carbons (Fsp3) is 0.571. The van der Waals surface area contributed by atoms with Crippen molar-refractivity contribution in [2.75, 3.05) is 19.8 Å². The molecule has 0 aliphatic rings. The minimum absolute atomic E-state index is 0.366. The number of benzene rings is 1. The van der Waals surface area contributed by atoms with Crippen molar-refractivity contribution < 1.29 is 4.74 Å². The van der Waals surface area contributed by atoms with Crippen LogP contribution in [0, 0.1) is 5.92 Å². The number of nitrogens with one attached hydrogen (secondary N) is 1. The first kappa shape index (κ1) is 14.7. The van der Waals surface area contributed by atoms with Gasteiger partial charge in [-0.3, -0.25) is 0 Å². The van der Waals surface area contributed by atoms with Gasteiger partial charge in [-0.1, -0.05) is 41.9 Å². The summed E-state index contributed by atoms with van der Waals surface area (Å²) >= 11 is 3.44. The van der Waals surface area contributed by atoms with Gasteiger partial charge in [0.15, 0.2) is 0 Å². The average Bonchev–Trinajstić information content (AvgIpc) is 2.29. The van der Waals surface area contributed by atoms with Crippen LogP contribution < -0.4 is 5.32 Å². The number of rotatable bonds is 7. The molecular weight excluding hydrogens is 278 g/mol. The zero-order valence-electron chi connectivity index (χ0n) is 10.9. The summed E-state index contributed by atoms with van der Waals surface area (Å²) in [6, 6.07) is 8.78. The smallest absolute Gasteiger partial charge is 0.0591 e. The SMILES string of the molecule is CC(C)COCCN[C@@H](C)c1ccc(Br)cc1. The second kappa shape index (κ2) is 7.85. The molecule has 2 nitrogen and oxygen atoms in total. The Morgan fingerprint density at radius 3 is 2.41 bits per heavy atom. The van der Waals surface area contributed by atoms with Crippen LogP contribution in [0.5, 0.6) is 0 Å². The standard InChI is InChI=1S/C14H22BrNO/c1-11(2)10-17-9-8-16-12(3)13-4-6-14(15)7-5-13/h4-7,11-12,16H,8-10H2,1-3H3/t12-/m0/s1. The molecule has 1 aromatic rings. The van der Waals surface area contributed by atoms with E-state index in [4.69, 9.17) is 4.74 Å². The van der Waals surface area contributed by atoms with Crippen molar-refractivity contribution >= 4 is 15.9 Å². The maximum atomic E-state index is 5.53. The first-order valence-corrected chi connectivity index (χ1v) is 6.95. The van der Waals surface area contributed by atoms with E-state index < -0.39 is 0 Å². The zero-order chi connectivity index (χ0) is 12.7. The van der Waals surface area contributed by atoms with Crippen LogP contribution in [0.15, 0.2) is 28.7 Å². The van der Waals surface area contributed by atoms with E-state index in [-0.39, 0.29) is 0 Å². The molecule has 0 aromatic heterocycles. The maximum absolute atomic E-state index is 5.53. The van der Waals surface area contributed by atoms with Crippen molar-refractivity contribution in [3.63, 3.8) is 0 Å². The highest BCUT2D eigenvalue weighted by atomic mass is 79.9. The predicted octanol–water partition coefficient (Wildman–Crippen LogP) is 3.77. The summed E-state index contributed by atoms with van der Waals surface area (Å²) in [5.74, 6) is 0.610. The second-order valence-electron chi connectivity index (χ2n) is 4.70. The first-order valence-electron chi connectivity index (χ1n) is 6.16. The molecule has 0 spiro atoms. The minimum atomic E-state index is 0.366. The van der Waals surface area contributed by atoms with E-state index >= 15 is 0 Å². The molecule has 0 saturated carbocycles. The topological polar surface area (TPSA) is 21.3 Å². The Bertz CT molecular complexity index is 311. The van der Waals surface area contributed by atoms with Gasteiger partial charge in [-0.05, 0) is 30.5 Å². The molecule has 1 N–H and O–H groups in total. The summed E-state index contributed by atoms with van der Waals surface area (Å²) in [7, 11) is 0. The summed E-state index contributed by atoms with van der Waals surface area (Å²) in [5.41, 5.74) is 1.30. The molecule has 0 aliphatic heterocycles. The summed E-state index contributed by atoms with van der Waals surface area (Å²) in [6.07, 6.45) is 0. The Kier molecular flexibility index (Phi) is 6.78. The van der Waals surface area contributed by atoms with E-state index in [1.165, 1.54) is 5.56 Å². The molecule has 0 bridgehead atoms. The summed E-state index contributed by atoms with van der Waals surface area (Å²) in [6.45, 7) is 9.01. The van der Waals surface area contributed by atoms with Gasteiger partial charge in [-0.15, -0.1) is 0 Å². The zero-order valence-corrected chi connectivity index (χ0v) is 12.5. The van der Waals surface area contributed by atoms with Crippen molar-refractivity contribution in [3.8, 4) is 0 Å². The van der Waals surface area contributed by atoms with Gasteiger partial charge >= 0.3 is 0 Å². The highest BCUT2D eigenvalue weighted by molar-refractivity contribution is 9.10. The highest BCUT2D eigenvalue weighted by Crippen LogP contribution is 2.16. The van der Waals surface area contributed by atoms with Gasteiger partial charge in [0, 0.05) is 23.7 Å². The number of hydrogen-bond donors (Lipinski definition) is 1. The number of ether oxygens (including phenoxy) is 1. The maximum Gasteiger partial charge on any atom is 0.0591 e. The molecule has 1 aromatic carbocycles. The molecule has 96 valence electrons. The van der Waals surface area contributed by atoms with Crippen LogP contribution >= 0.6 is 15.9 Å². The lowest BCUT2D eigenvalue weighted by Gasteiger charge is -2.14. The Balaban J connectivity index is 2.21. The molecule has 0 saturated heterocycles. The van der Waals surface area contributed by atoms with E-state index in [9.17, 15) is 0 Å². The molecular formula is C14H22BrNO. The number of hydrogen-bond acceptors (Lipinski definition) is 2. The molecule has 0 heterocycles.